The van der Waals surface area contributed by atoms with Gasteiger partial charge in [0.1, 0.15) is 0 Å². The molecule has 2 N–H and O–H groups in total. The summed E-state index contributed by atoms with van der Waals surface area (Å²) in [7, 11) is 1.53. The molecule has 4 atom stereocenters. The first-order valence-corrected chi connectivity index (χ1v) is 4.68. The first-order valence-electron chi connectivity index (χ1n) is 4.68. The number of carbonyl (C=O) groups excluding carboxylic acids is 1. The van der Waals surface area contributed by atoms with Gasteiger partial charge in [-0.2, -0.15) is 0 Å². The van der Waals surface area contributed by atoms with Crippen molar-refractivity contribution in [3.8, 4) is 0 Å². The number of nitrogens with one attached hydrogen (secondary N) is 1. The number of aliphatic hydroxyl groups excluding tert-OH is 1. The van der Waals surface area contributed by atoms with E-state index in [0.29, 0.717) is 6.42 Å². The predicted molar refractivity (Wildman–Crippen MR) is 49.6 cm³/mol. The van der Waals surface area contributed by atoms with Crippen molar-refractivity contribution in [2.75, 3.05) is 7.11 Å². The minimum atomic E-state index is -0.618. The first-order chi connectivity index (χ1) is 6.54. The van der Waals surface area contributed by atoms with Crippen LogP contribution in [0.4, 0.5) is 0 Å². The van der Waals surface area contributed by atoms with Gasteiger partial charge in [0.2, 0.25) is 5.91 Å². The summed E-state index contributed by atoms with van der Waals surface area (Å²) in [5, 5.41) is 12.4. The van der Waals surface area contributed by atoms with Crippen LogP contribution in [0.25, 0.3) is 0 Å². The van der Waals surface area contributed by atoms with Crippen molar-refractivity contribution < 1.29 is 19.4 Å². The van der Waals surface area contributed by atoms with Crippen LogP contribution >= 0.6 is 0 Å². The van der Waals surface area contributed by atoms with Crippen molar-refractivity contribution in [1.29, 1.82) is 0 Å². The molecule has 1 amide bonds. The maximum atomic E-state index is 10.8. The second kappa shape index (κ2) is 4.72. The van der Waals surface area contributed by atoms with Crippen LogP contribution < -0.4 is 5.32 Å². The quantitative estimate of drug-likeness (QED) is 0.642. The fourth-order valence-electron chi connectivity index (χ4n) is 1.64. The largest absolute Gasteiger partial charge is 0.391 e. The molecule has 14 heavy (non-hydrogen) atoms. The molecule has 0 spiro atoms. The summed E-state index contributed by atoms with van der Waals surface area (Å²) in [5.74, 6) is -0.166. The molecule has 5 heteroatoms. The average molecular weight is 203 g/mol. The van der Waals surface area contributed by atoms with E-state index in [1.165, 1.54) is 14.0 Å². The third-order valence-electron chi connectivity index (χ3n) is 2.35. The maximum Gasteiger partial charge on any atom is 0.217 e. The Morgan fingerprint density at radius 3 is 2.71 bits per heavy atom. The molecule has 0 aromatic carbocycles. The summed E-state index contributed by atoms with van der Waals surface area (Å²) in [5.41, 5.74) is 0. The second-order valence-electron chi connectivity index (χ2n) is 3.54. The zero-order chi connectivity index (χ0) is 10.7. The van der Waals surface area contributed by atoms with E-state index >= 15 is 0 Å². The number of hydrogen-bond acceptors (Lipinski definition) is 4. The topological polar surface area (TPSA) is 67.8 Å². The molecule has 1 aliphatic heterocycles. The number of carbonyl (C=O) groups is 1. The van der Waals surface area contributed by atoms with Crippen LogP contribution in [0, 0.1) is 0 Å². The molecule has 0 saturated carbocycles. The van der Waals surface area contributed by atoms with Gasteiger partial charge < -0.3 is 19.9 Å². The Kier molecular flexibility index (Phi) is 3.86. The Hall–Kier alpha value is -0.650. The Morgan fingerprint density at radius 1 is 1.64 bits per heavy atom. The van der Waals surface area contributed by atoms with E-state index in [1.807, 2.05) is 0 Å². The fraction of sp³-hybridized carbons (Fsp3) is 0.889. The zero-order valence-electron chi connectivity index (χ0n) is 8.69. The van der Waals surface area contributed by atoms with E-state index in [4.69, 9.17) is 9.47 Å². The van der Waals surface area contributed by atoms with Crippen LogP contribution in [0.5, 0.6) is 0 Å². The summed E-state index contributed by atoms with van der Waals surface area (Å²) in [6.07, 6.45) is -0.864. The molecule has 0 aromatic heterocycles. The maximum absolute atomic E-state index is 10.8. The fourth-order valence-corrected chi connectivity index (χ4v) is 1.64. The van der Waals surface area contributed by atoms with Crippen molar-refractivity contribution in [2.45, 2.75) is 44.8 Å². The van der Waals surface area contributed by atoms with Crippen molar-refractivity contribution >= 4 is 5.91 Å². The van der Waals surface area contributed by atoms with Gasteiger partial charge in [-0.1, -0.05) is 0 Å². The Bertz CT molecular complexity index is 197. The summed E-state index contributed by atoms with van der Waals surface area (Å²) in [6.45, 7) is 3.22. The number of amides is 1. The molecule has 0 bridgehead atoms. The molecule has 5 nitrogen and oxygen atoms in total. The lowest BCUT2D eigenvalue weighted by molar-refractivity contribution is -0.210. The SMILES string of the molecule is CO[C@@H]1C[C@@H](O)[C@@H](NC(C)=O)[C@H](C)O1. The van der Waals surface area contributed by atoms with E-state index in [-0.39, 0.29) is 24.3 Å². The number of rotatable bonds is 2. The zero-order valence-corrected chi connectivity index (χ0v) is 8.69. The van der Waals surface area contributed by atoms with Gasteiger partial charge in [-0.15, -0.1) is 0 Å². The van der Waals surface area contributed by atoms with E-state index in [1.54, 1.807) is 6.92 Å². The molecule has 1 aliphatic rings. The first kappa shape index (κ1) is 11.4. The molecule has 0 unspecified atom stereocenters. The Balaban J connectivity index is 2.55. The number of aliphatic hydroxyl groups is 1. The second-order valence-corrected chi connectivity index (χ2v) is 3.54. The molecular formula is C9H17NO4. The minimum absolute atomic E-state index is 0.166. The van der Waals surface area contributed by atoms with Crippen molar-refractivity contribution in [3.63, 3.8) is 0 Å². The third kappa shape index (κ3) is 2.67. The minimum Gasteiger partial charge on any atom is -0.391 e. The van der Waals surface area contributed by atoms with Gasteiger partial charge >= 0.3 is 0 Å². The summed E-state index contributed by atoms with van der Waals surface area (Å²) in [4.78, 5) is 10.8. The Labute approximate surface area is 83.4 Å². The molecule has 82 valence electrons. The van der Waals surface area contributed by atoms with Gasteiger partial charge in [0.25, 0.3) is 0 Å². The summed E-state index contributed by atoms with van der Waals surface area (Å²) >= 11 is 0. The summed E-state index contributed by atoms with van der Waals surface area (Å²) in [6, 6.07) is -0.348. The smallest absolute Gasteiger partial charge is 0.217 e. The predicted octanol–water partition coefficient (Wildman–Crippen LogP) is -0.367. The highest BCUT2D eigenvalue weighted by molar-refractivity contribution is 5.73. The van der Waals surface area contributed by atoms with Crippen molar-refractivity contribution in [3.05, 3.63) is 0 Å². The number of ether oxygens (including phenoxy) is 2. The van der Waals surface area contributed by atoms with Crippen LogP contribution in [-0.2, 0) is 14.3 Å². The lowest BCUT2D eigenvalue weighted by Gasteiger charge is -2.37. The highest BCUT2D eigenvalue weighted by Gasteiger charge is 2.35. The lowest BCUT2D eigenvalue weighted by Crippen LogP contribution is -2.55. The molecule has 0 radical (unpaired) electrons. The van der Waals surface area contributed by atoms with Crippen LogP contribution in [0.2, 0.25) is 0 Å². The Morgan fingerprint density at radius 2 is 2.29 bits per heavy atom. The van der Waals surface area contributed by atoms with E-state index in [0.717, 1.165) is 0 Å². The third-order valence-corrected chi connectivity index (χ3v) is 2.35. The van der Waals surface area contributed by atoms with E-state index < -0.39 is 6.10 Å². The van der Waals surface area contributed by atoms with Gasteiger partial charge in [-0.25, -0.2) is 0 Å². The lowest BCUT2D eigenvalue weighted by atomic mass is 9.99. The molecular weight excluding hydrogens is 186 g/mol. The van der Waals surface area contributed by atoms with Gasteiger partial charge in [0.05, 0.1) is 18.2 Å². The van der Waals surface area contributed by atoms with Crippen LogP contribution in [-0.4, -0.2) is 42.7 Å². The molecule has 0 aliphatic carbocycles. The van der Waals surface area contributed by atoms with E-state index in [2.05, 4.69) is 5.32 Å². The summed E-state index contributed by atoms with van der Waals surface area (Å²) < 4.78 is 10.4. The van der Waals surface area contributed by atoms with Gasteiger partial charge in [-0.3, -0.25) is 4.79 Å². The van der Waals surface area contributed by atoms with Crippen molar-refractivity contribution in [2.24, 2.45) is 0 Å². The standard InChI is InChI=1S/C9H17NO4/c1-5-9(10-6(2)11)7(12)4-8(13-3)14-5/h5,7-9,12H,4H2,1-3H3,(H,10,11)/t5-,7+,8-,9-/m0/s1. The molecule has 1 rings (SSSR count). The highest BCUT2D eigenvalue weighted by Crippen LogP contribution is 2.20. The van der Waals surface area contributed by atoms with Gasteiger partial charge in [0, 0.05) is 20.5 Å². The van der Waals surface area contributed by atoms with Crippen LogP contribution in [0.15, 0.2) is 0 Å². The van der Waals surface area contributed by atoms with Gasteiger partial charge in [0.15, 0.2) is 6.29 Å². The van der Waals surface area contributed by atoms with Gasteiger partial charge in [-0.05, 0) is 6.92 Å². The number of methoxy groups -OCH3 is 1. The number of hydrogen-bond donors (Lipinski definition) is 2. The van der Waals surface area contributed by atoms with Crippen LogP contribution in [0.1, 0.15) is 20.3 Å². The molecule has 1 heterocycles. The highest BCUT2D eigenvalue weighted by atomic mass is 16.7. The van der Waals surface area contributed by atoms with Crippen LogP contribution in [0.3, 0.4) is 0 Å². The van der Waals surface area contributed by atoms with E-state index in [9.17, 15) is 9.90 Å². The van der Waals surface area contributed by atoms with Crippen molar-refractivity contribution in [1.82, 2.24) is 5.32 Å². The monoisotopic (exact) mass is 203 g/mol. The molecule has 1 fully saturated rings. The molecule has 0 aromatic rings. The average Bonchev–Trinajstić information content (AvgIpc) is 2.10. The normalized spacial score (nSPS) is 38.0. The molecule has 1 saturated heterocycles.